The van der Waals surface area contributed by atoms with Crippen molar-refractivity contribution in [1.82, 2.24) is 0 Å². The minimum atomic E-state index is -4.01. The number of hydrogen-bond donors (Lipinski definition) is 2. The lowest BCUT2D eigenvalue weighted by atomic mass is 9.81. The number of unbranched alkanes of at least 4 members (excludes halogenated alkanes) is 2. The van der Waals surface area contributed by atoms with Crippen molar-refractivity contribution in [2.45, 2.75) is 70.3 Å². The van der Waals surface area contributed by atoms with E-state index in [9.17, 15) is 25.9 Å². The SMILES string of the molecule is CC1c2c(ccc3ccccc23)N(CCCCS(=O)(=O)O)C1(C)C=CC=CC=CC=C1N(CCCCS(=O)(=O)O)c2ccc3ccccc3c2C1(C)C. The maximum Gasteiger partial charge on any atom is 0.264 e. The summed E-state index contributed by atoms with van der Waals surface area (Å²) in [4.78, 5) is 4.66. The van der Waals surface area contributed by atoms with Crippen LogP contribution in [0.1, 0.15) is 70.4 Å². The molecule has 2 N–H and O–H groups in total. The van der Waals surface area contributed by atoms with E-state index in [1.165, 1.54) is 32.7 Å². The molecule has 10 heteroatoms. The molecular formula is C43H50N2O6S2. The fourth-order valence-corrected chi connectivity index (χ4v) is 9.47. The van der Waals surface area contributed by atoms with E-state index in [2.05, 4.69) is 122 Å². The highest BCUT2D eigenvalue weighted by Crippen LogP contribution is 2.52. The Balaban J connectivity index is 1.23. The van der Waals surface area contributed by atoms with Crippen molar-refractivity contribution in [3.8, 4) is 0 Å². The van der Waals surface area contributed by atoms with E-state index < -0.39 is 20.2 Å². The number of anilines is 2. The predicted octanol–water partition coefficient (Wildman–Crippen LogP) is 9.36. The zero-order valence-electron chi connectivity index (χ0n) is 30.9. The number of benzene rings is 4. The van der Waals surface area contributed by atoms with Crippen molar-refractivity contribution < 1.29 is 25.9 Å². The Morgan fingerprint density at radius 1 is 0.660 bits per heavy atom. The van der Waals surface area contributed by atoms with Crippen LogP contribution in [0.2, 0.25) is 0 Å². The third-order valence-electron chi connectivity index (χ3n) is 11.1. The molecule has 2 aliphatic rings. The molecule has 6 rings (SSSR count). The van der Waals surface area contributed by atoms with E-state index in [-0.39, 0.29) is 28.4 Å². The maximum absolute atomic E-state index is 11.4. The van der Waals surface area contributed by atoms with Crippen LogP contribution in [0.15, 0.2) is 121 Å². The Morgan fingerprint density at radius 3 is 1.87 bits per heavy atom. The van der Waals surface area contributed by atoms with E-state index in [4.69, 9.17) is 0 Å². The van der Waals surface area contributed by atoms with E-state index in [1.807, 2.05) is 30.4 Å². The maximum atomic E-state index is 11.4. The van der Waals surface area contributed by atoms with Crippen LogP contribution in [-0.2, 0) is 25.7 Å². The van der Waals surface area contributed by atoms with Crippen LogP contribution in [0.3, 0.4) is 0 Å². The van der Waals surface area contributed by atoms with Crippen LogP contribution < -0.4 is 9.80 Å². The van der Waals surface area contributed by atoms with Crippen molar-refractivity contribution >= 4 is 53.2 Å². The molecular weight excluding hydrogens is 705 g/mol. The molecule has 0 bridgehead atoms. The zero-order valence-corrected chi connectivity index (χ0v) is 32.6. The normalized spacial score (nSPS) is 20.9. The van der Waals surface area contributed by atoms with E-state index >= 15 is 0 Å². The molecule has 2 unspecified atom stereocenters. The molecule has 53 heavy (non-hydrogen) atoms. The third kappa shape index (κ3) is 8.16. The zero-order chi connectivity index (χ0) is 38.0. The number of nitrogens with zero attached hydrogens (tertiary/aromatic N) is 2. The lowest BCUT2D eigenvalue weighted by Crippen LogP contribution is -2.44. The Hall–Kier alpha value is -4.22. The molecule has 0 aromatic heterocycles. The Bertz CT molecular complexity index is 2340. The molecule has 2 aliphatic heterocycles. The fraction of sp³-hybridized carbons (Fsp3) is 0.349. The molecule has 280 valence electrons. The minimum Gasteiger partial charge on any atom is -0.362 e. The number of rotatable bonds is 14. The Morgan fingerprint density at radius 2 is 1.21 bits per heavy atom. The summed E-state index contributed by atoms with van der Waals surface area (Å²) in [6.45, 7) is 10.2. The Kier molecular flexibility index (Phi) is 11.1. The first-order valence-electron chi connectivity index (χ1n) is 18.3. The Labute approximate surface area is 314 Å². The molecule has 4 aromatic carbocycles. The summed E-state index contributed by atoms with van der Waals surface area (Å²) in [5, 5.41) is 4.79. The average molecular weight is 755 g/mol. The fourth-order valence-electron chi connectivity index (χ4n) is 8.33. The van der Waals surface area contributed by atoms with Gasteiger partial charge in [-0.25, -0.2) is 0 Å². The van der Waals surface area contributed by atoms with Gasteiger partial charge in [-0.3, -0.25) is 9.11 Å². The third-order valence-corrected chi connectivity index (χ3v) is 12.7. The molecule has 4 aromatic rings. The van der Waals surface area contributed by atoms with Gasteiger partial charge in [0.25, 0.3) is 20.2 Å². The second-order valence-corrected chi connectivity index (χ2v) is 18.1. The topological polar surface area (TPSA) is 115 Å². The van der Waals surface area contributed by atoms with Crippen LogP contribution in [0.4, 0.5) is 11.4 Å². The summed E-state index contributed by atoms with van der Waals surface area (Å²) in [6, 6.07) is 25.4. The van der Waals surface area contributed by atoms with Crippen molar-refractivity contribution in [1.29, 1.82) is 0 Å². The second kappa shape index (κ2) is 15.3. The van der Waals surface area contributed by atoms with Crippen LogP contribution >= 0.6 is 0 Å². The highest BCUT2D eigenvalue weighted by atomic mass is 32.2. The van der Waals surface area contributed by atoms with Gasteiger partial charge in [0.15, 0.2) is 0 Å². The molecule has 0 saturated carbocycles. The summed E-state index contributed by atoms with van der Waals surface area (Å²) in [5.74, 6) is -0.330. The van der Waals surface area contributed by atoms with Crippen LogP contribution in [0, 0.1) is 0 Å². The van der Waals surface area contributed by atoms with Crippen LogP contribution in [-0.4, -0.2) is 56.1 Å². The average Bonchev–Trinajstić information content (AvgIpc) is 3.46. The highest BCUT2D eigenvalue weighted by Gasteiger charge is 2.44. The van der Waals surface area contributed by atoms with Crippen molar-refractivity contribution in [2.24, 2.45) is 0 Å². The molecule has 0 spiro atoms. The largest absolute Gasteiger partial charge is 0.362 e. The molecule has 0 saturated heterocycles. The highest BCUT2D eigenvalue weighted by molar-refractivity contribution is 7.86. The lowest BCUT2D eigenvalue weighted by Gasteiger charge is -2.38. The lowest BCUT2D eigenvalue weighted by molar-refractivity contribution is 0.463. The summed E-state index contributed by atoms with van der Waals surface area (Å²) < 4.78 is 64.1. The number of allylic oxidation sites excluding steroid dienone is 7. The number of hydrogen-bond acceptors (Lipinski definition) is 6. The van der Waals surface area contributed by atoms with Crippen LogP contribution in [0.25, 0.3) is 21.5 Å². The van der Waals surface area contributed by atoms with Gasteiger partial charge in [-0.2, -0.15) is 16.8 Å². The van der Waals surface area contributed by atoms with Gasteiger partial charge >= 0.3 is 0 Å². The molecule has 2 heterocycles. The summed E-state index contributed by atoms with van der Waals surface area (Å²) in [7, 11) is -8.01. The van der Waals surface area contributed by atoms with Gasteiger partial charge in [0, 0.05) is 41.5 Å². The molecule has 2 atom stereocenters. The van der Waals surface area contributed by atoms with Crippen molar-refractivity contribution in [3.05, 3.63) is 132 Å². The number of fused-ring (bicyclic) bond motifs is 6. The molecule has 0 radical (unpaired) electrons. The van der Waals surface area contributed by atoms with Gasteiger partial charge < -0.3 is 9.80 Å². The standard InChI is InChI=1S/C43H50N2O6S2/c1-32-40-35-20-11-9-18-33(35)23-25-37(40)45(29-15-17-31-53(49,50)51)43(32,4)27-13-7-5-6-8-22-39-42(2,3)41-36-21-12-10-19-34(36)24-26-38(41)44(39)28-14-16-30-52(46,47)48/h5-13,18-27,32H,14-17,28-31H2,1-4H3,(H,46,47,48)(H,49,50,51). The smallest absolute Gasteiger partial charge is 0.264 e. The monoisotopic (exact) mass is 754 g/mol. The van der Waals surface area contributed by atoms with Gasteiger partial charge in [-0.1, -0.05) is 118 Å². The predicted molar refractivity (Wildman–Crippen MR) is 219 cm³/mol. The molecule has 0 amide bonds. The minimum absolute atomic E-state index is 0.167. The van der Waals surface area contributed by atoms with Crippen molar-refractivity contribution in [2.75, 3.05) is 34.4 Å². The van der Waals surface area contributed by atoms with Gasteiger partial charge in [0.2, 0.25) is 0 Å². The van der Waals surface area contributed by atoms with E-state index in [0.717, 1.165) is 17.1 Å². The second-order valence-electron chi connectivity index (χ2n) is 14.9. The molecule has 0 aliphatic carbocycles. The first-order valence-corrected chi connectivity index (χ1v) is 21.6. The van der Waals surface area contributed by atoms with Crippen molar-refractivity contribution in [3.63, 3.8) is 0 Å². The quantitative estimate of drug-likeness (QED) is 0.0744. The molecule has 8 nitrogen and oxygen atoms in total. The summed E-state index contributed by atoms with van der Waals surface area (Å²) in [5.41, 5.74) is 5.27. The van der Waals surface area contributed by atoms with Gasteiger partial charge in [0.1, 0.15) is 0 Å². The van der Waals surface area contributed by atoms with E-state index in [0.29, 0.717) is 38.8 Å². The van der Waals surface area contributed by atoms with E-state index in [1.54, 1.807) is 0 Å². The van der Waals surface area contributed by atoms with Crippen LogP contribution in [0.5, 0.6) is 0 Å². The summed E-state index contributed by atoms with van der Waals surface area (Å²) >= 11 is 0. The van der Waals surface area contributed by atoms with Gasteiger partial charge in [-0.05, 0) is 83.5 Å². The first-order chi connectivity index (χ1) is 25.1. The van der Waals surface area contributed by atoms with Gasteiger partial charge in [-0.15, -0.1) is 0 Å². The van der Waals surface area contributed by atoms with Gasteiger partial charge in [0.05, 0.1) is 17.0 Å². The first kappa shape index (κ1) is 38.5. The molecule has 0 fully saturated rings. The summed E-state index contributed by atoms with van der Waals surface area (Å²) in [6.07, 6.45) is 16.5.